The number of rotatable bonds is 11. The van der Waals surface area contributed by atoms with E-state index in [4.69, 9.17) is 15.0 Å². The van der Waals surface area contributed by atoms with Crippen molar-refractivity contribution in [1.29, 1.82) is 0 Å². The molecule has 25 aromatic rings. The van der Waals surface area contributed by atoms with Crippen molar-refractivity contribution in [3.05, 3.63) is 448 Å². The molecule has 0 amide bonds. The zero-order valence-corrected chi connectivity index (χ0v) is 70.4. The van der Waals surface area contributed by atoms with Crippen LogP contribution >= 0.6 is 0 Å². The van der Waals surface area contributed by atoms with Crippen molar-refractivity contribution in [2.24, 2.45) is 0 Å². The minimum Gasteiger partial charge on any atom is -0.277 e. The van der Waals surface area contributed by atoms with E-state index < -0.39 is 5.41 Å². The molecule has 23 aromatic carbocycles. The Bertz CT molecular complexity index is 8990. The fourth-order valence-electron chi connectivity index (χ4n) is 21.6. The third kappa shape index (κ3) is 11.7. The molecule has 0 bridgehead atoms. The number of nitrogens with zero attached hydrogens (tertiary/aromatic N) is 4. The Kier molecular flexibility index (Phi) is 16.4. The first kappa shape index (κ1) is 73.0. The average Bonchev–Trinajstić information content (AvgIpc) is 1.51. The molecule has 0 N–H and O–H groups in total. The highest BCUT2D eigenvalue weighted by atomic mass is 15.2. The summed E-state index contributed by atoms with van der Waals surface area (Å²) in [7, 11) is 0. The highest BCUT2D eigenvalue weighted by Crippen LogP contribution is 2.58. The van der Waals surface area contributed by atoms with Crippen LogP contribution in [0.4, 0.5) is 0 Å². The summed E-state index contributed by atoms with van der Waals surface area (Å²) in [4.78, 5) is 16.9. The maximum absolute atomic E-state index is 5.77. The molecule has 4 nitrogen and oxygen atoms in total. The number of hydrogen-bond acceptors (Lipinski definition) is 3. The Morgan fingerprint density at radius 3 is 1.14 bits per heavy atom. The van der Waals surface area contributed by atoms with E-state index in [1.54, 1.807) is 0 Å². The van der Waals surface area contributed by atoms with Crippen LogP contribution in [0.25, 0.3) is 258 Å². The Balaban J connectivity index is 0.624. The van der Waals surface area contributed by atoms with Crippen LogP contribution in [-0.4, -0.2) is 19.5 Å². The molecule has 0 fully saturated rings. The summed E-state index contributed by atoms with van der Waals surface area (Å²) in [6.45, 7) is 4.84. The molecule has 0 radical (unpaired) electrons. The second-order valence-corrected chi connectivity index (χ2v) is 35.2. The van der Waals surface area contributed by atoms with Gasteiger partial charge in [-0.15, -0.1) is 0 Å². The van der Waals surface area contributed by atoms with E-state index in [0.717, 1.165) is 88.4 Å². The molecule has 594 valence electrons. The van der Waals surface area contributed by atoms with E-state index in [0.29, 0.717) is 17.6 Å². The Morgan fingerprint density at radius 2 is 0.562 bits per heavy atom. The highest BCUT2D eigenvalue weighted by Gasteiger charge is 2.41. The molecule has 0 aliphatic heterocycles. The average molecular weight is 1620 g/mol. The summed E-state index contributed by atoms with van der Waals surface area (Å²) in [6.07, 6.45) is 0. The summed E-state index contributed by atoms with van der Waals surface area (Å²) >= 11 is 0. The van der Waals surface area contributed by atoms with Crippen molar-refractivity contribution in [3.63, 3.8) is 0 Å². The summed E-state index contributed by atoms with van der Waals surface area (Å²) in [6, 6.07) is 162. The molecule has 1 aliphatic carbocycles. The van der Waals surface area contributed by atoms with E-state index in [9.17, 15) is 0 Å². The van der Waals surface area contributed by atoms with E-state index >= 15 is 0 Å². The van der Waals surface area contributed by atoms with Gasteiger partial charge in [-0.25, -0.2) is 4.98 Å². The summed E-state index contributed by atoms with van der Waals surface area (Å²) in [5, 5.41) is 27.0. The Morgan fingerprint density at radius 1 is 0.188 bits per heavy atom. The van der Waals surface area contributed by atoms with Crippen LogP contribution in [-0.2, 0) is 5.41 Å². The van der Waals surface area contributed by atoms with Crippen LogP contribution < -0.4 is 0 Å². The molecule has 0 unspecified atom stereocenters. The van der Waals surface area contributed by atoms with E-state index in [2.05, 4.69) is 455 Å². The Labute approximate surface area is 739 Å². The van der Waals surface area contributed by atoms with Gasteiger partial charge in [-0.3, -0.25) is 4.57 Å². The van der Waals surface area contributed by atoms with Gasteiger partial charge in [0.15, 0.2) is 11.6 Å². The van der Waals surface area contributed by atoms with Crippen molar-refractivity contribution in [2.75, 3.05) is 0 Å². The van der Waals surface area contributed by atoms with Crippen molar-refractivity contribution in [1.82, 2.24) is 19.5 Å². The third-order valence-corrected chi connectivity index (χ3v) is 27.7. The molecule has 2 heterocycles. The zero-order valence-electron chi connectivity index (χ0n) is 70.4. The van der Waals surface area contributed by atoms with Gasteiger partial charge >= 0.3 is 0 Å². The number of benzene rings is 23. The molecule has 4 heteroatoms. The lowest BCUT2D eigenvalue weighted by Crippen LogP contribution is -2.17. The lowest BCUT2D eigenvalue weighted by Gasteiger charge is -2.25. The van der Waals surface area contributed by atoms with Gasteiger partial charge in [-0.1, -0.05) is 372 Å². The lowest BCUT2D eigenvalue weighted by atomic mass is 9.80. The molecule has 0 atom stereocenters. The summed E-state index contributed by atoms with van der Waals surface area (Å²) in [5.41, 5.74) is 26.7. The number of aromatic nitrogens is 4. The molecule has 0 saturated heterocycles. The number of fused-ring (bicyclic) bond motifs is 24. The largest absolute Gasteiger partial charge is 0.277 e. The quantitative estimate of drug-likeness (QED) is 0.121. The smallest absolute Gasteiger partial charge is 0.238 e. The van der Waals surface area contributed by atoms with Gasteiger partial charge in [-0.05, 0) is 298 Å². The molecular formula is C124H78N4. The van der Waals surface area contributed by atoms with Gasteiger partial charge in [0, 0.05) is 27.3 Å². The van der Waals surface area contributed by atoms with Crippen LogP contribution in [0.1, 0.15) is 25.0 Å². The van der Waals surface area contributed by atoms with Gasteiger partial charge in [0.2, 0.25) is 5.95 Å². The fraction of sp³-hybridized carbons (Fsp3) is 0.0242. The molecular weight excluding hydrogens is 1550 g/mol. The maximum Gasteiger partial charge on any atom is 0.238 e. The van der Waals surface area contributed by atoms with Crippen LogP contribution in [0, 0.1) is 0 Å². The van der Waals surface area contributed by atoms with E-state index in [-0.39, 0.29) is 0 Å². The van der Waals surface area contributed by atoms with E-state index in [1.807, 2.05) is 0 Å². The minimum absolute atomic E-state index is 0.511. The van der Waals surface area contributed by atoms with Crippen molar-refractivity contribution in [2.45, 2.75) is 19.3 Å². The minimum atomic E-state index is -0.511. The summed E-state index contributed by atoms with van der Waals surface area (Å²) < 4.78 is 2.36. The van der Waals surface area contributed by atoms with Gasteiger partial charge in [0.05, 0.1) is 11.0 Å². The zero-order chi connectivity index (χ0) is 84.4. The van der Waals surface area contributed by atoms with Gasteiger partial charge in [-0.2, -0.15) is 9.97 Å². The van der Waals surface area contributed by atoms with Gasteiger partial charge < -0.3 is 0 Å². The van der Waals surface area contributed by atoms with Gasteiger partial charge in [0.1, 0.15) is 0 Å². The second-order valence-electron chi connectivity index (χ2n) is 35.2. The topological polar surface area (TPSA) is 43.6 Å². The lowest BCUT2D eigenvalue weighted by molar-refractivity contribution is 0.663. The van der Waals surface area contributed by atoms with Crippen molar-refractivity contribution < 1.29 is 0 Å². The second kappa shape index (κ2) is 28.8. The normalized spacial score (nSPS) is 12.5. The SMILES string of the molecule is CC1(C)c2ccccc2-c2c(-c3ccc(-c4ccc5c6ccccc6c6ccccc6c5c4)cc3-c3cccc(-c4ccc5c6ccccc6c6ccccc6c5c4)c3)cc3c4ccccc4n(-c4nc(-c5ccccc5)nc(-c5cccc(-c6ccc7c(c6)cc(-c6cccc(-c8ccc9cc(-c%10ccc%11ccccc%11c%10)ccc9c8)c6)c6ccccc67)c5)n4)c3c21. The predicted octanol–water partition coefficient (Wildman–Crippen LogP) is 33.5. The van der Waals surface area contributed by atoms with Crippen LogP contribution in [0.3, 0.4) is 0 Å². The first-order valence-corrected chi connectivity index (χ1v) is 44.3. The molecule has 0 saturated carbocycles. The monoisotopic (exact) mass is 1620 g/mol. The van der Waals surface area contributed by atoms with E-state index in [1.165, 1.54) is 164 Å². The maximum atomic E-state index is 5.77. The van der Waals surface area contributed by atoms with Crippen LogP contribution in [0.2, 0.25) is 0 Å². The third-order valence-electron chi connectivity index (χ3n) is 27.7. The highest BCUT2D eigenvalue weighted by molar-refractivity contribution is 6.28. The molecule has 2 aromatic heterocycles. The number of para-hydroxylation sites is 1. The Hall–Kier alpha value is -16.5. The predicted molar refractivity (Wildman–Crippen MR) is 541 cm³/mol. The first-order valence-electron chi connectivity index (χ1n) is 44.3. The number of hydrogen-bond donors (Lipinski definition) is 0. The van der Waals surface area contributed by atoms with Crippen molar-refractivity contribution in [3.8, 4) is 129 Å². The molecule has 1 aliphatic rings. The molecule has 26 rings (SSSR count). The standard InChI is InChI=1S/C124H78N4/c1-124(2)116-47-20-18-46-109(116)118-114(107-62-58-87(89-57-61-106-101-41-12-10-37-97(101)99-39-14-17-44-104(99)113(106)72-89)70-110(107)90-32-23-30-79(67-90)88-56-60-105-100-40-11-9-36-96(100)98-38-13-16-43-103(98)112(105)71-88)74-115-108-45-19-21-48-117(108)128(120(115)119(118)124)123-126-121(76-26-4-3-5-27-76)125-122(127-123)92-34-24-31-80(68-92)86-55-59-94-93(69-86)73-111(102-42-15-8-35-95(94)102)91-33-22-29-78(66-91)81-51-52-85-65-84(54-53-83(85)64-81)82-50-49-75-25-6-7-28-77(75)63-82/h3-74H,1-2H3. The van der Waals surface area contributed by atoms with Crippen LogP contribution in [0.5, 0.6) is 0 Å². The van der Waals surface area contributed by atoms with Crippen LogP contribution in [0.15, 0.2) is 437 Å². The molecule has 0 spiro atoms. The summed E-state index contributed by atoms with van der Waals surface area (Å²) in [5.74, 6) is 1.71. The molecule has 128 heavy (non-hydrogen) atoms. The van der Waals surface area contributed by atoms with Crippen molar-refractivity contribution >= 4 is 130 Å². The fourth-order valence-corrected chi connectivity index (χ4v) is 21.6. The van der Waals surface area contributed by atoms with Gasteiger partial charge in [0.25, 0.3) is 0 Å². The first-order chi connectivity index (χ1) is 63.2.